The summed E-state index contributed by atoms with van der Waals surface area (Å²) in [6.07, 6.45) is 4.59. The van der Waals surface area contributed by atoms with Gasteiger partial charge in [0.15, 0.2) is 0 Å². The molecule has 0 bridgehead atoms. The van der Waals surface area contributed by atoms with Crippen molar-refractivity contribution in [3.63, 3.8) is 0 Å². The third-order valence-electron chi connectivity index (χ3n) is 2.49. The van der Waals surface area contributed by atoms with Crippen LogP contribution in [0.5, 0.6) is 0 Å². The average molecular weight is 236 g/mol. The zero-order chi connectivity index (χ0) is 11.5. The van der Waals surface area contributed by atoms with Gasteiger partial charge in [-0.05, 0) is 29.7 Å². The number of aromatic nitrogens is 2. The molecule has 1 atom stereocenters. The lowest BCUT2D eigenvalue weighted by Gasteiger charge is -2.10. The van der Waals surface area contributed by atoms with E-state index in [0.29, 0.717) is 0 Å². The SMILES string of the molecule is Cn1cc(CC(N)c2cccc(Cl)c2)cn1. The van der Waals surface area contributed by atoms with Crippen LogP contribution in [0.15, 0.2) is 36.7 Å². The van der Waals surface area contributed by atoms with Crippen LogP contribution in [0, 0.1) is 0 Å². The van der Waals surface area contributed by atoms with Crippen molar-refractivity contribution in [1.29, 1.82) is 0 Å². The molecule has 0 saturated carbocycles. The summed E-state index contributed by atoms with van der Waals surface area (Å²) in [7, 11) is 1.90. The van der Waals surface area contributed by atoms with E-state index in [-0.39, 0.29) is 6.04 Å². The molecule has 0 saturated heterocycles. The highest BCUT2D eigenvalue weighted by Crippen LogP contribution is 2.19. The van der Waals surface area contributed by atoms with E-state index < -0.39 is 0 Å². The fourth-order valence-electron chi connectivity index (χ4n) is 1.69. The summed E-state index contributed by atoms with van der Waals surface area (Å²) in [5.41, 5.74) is 8.30. The molecule has 0 aliphatic rings. The van der Waals surface area contributed by atoms with E-state index in [1.807, 2.05) is 43.7 Å². The lowest BCUT2D eigenvalue weighted by Crippen LogP contribution is -2.12. The van der Waals surface area contributed by atoms with Gasteiger partial charge in [0, 0.05) is 24.3 Å². The molecule has 4 heteroatoms. The van der Waals surface area contributed by atoms with Crippen LogP contribution >= 0.6 is 11.6 Å². The Morgan fingerprint density at radius 3 is 2.94 bits per heavy atom. The van der Waals surface area contributed by atoms with Gasteiger partial charge in [0.25, 0.3) is 0 Å². The van der Waals surface area contributed by atoms with E-state index in [1.165, 1.54) is 0 Å². The molecular weight excluding hydrogens is 222 g/mol. The zero-order valence-corrected chi connectivity index (χ0v) is 9.85. The molecule has 0 fully saturated rings. The Kier molecular flexibility index (Phi) is 3.27. The molecule has 0 spiro atoms. The van der Waals surface area contributed by atoms with E-state index in [1.54, 1.807) is 4.68 Å². The van der Waals surface area contributed by atoms with Crippen LogP contribution in [-0.4, -0.2) is 9.78 Å². The summed E-state index contributed by atoms with van der Waals surface area (Å²) >= 11 is 5.92. The topological polar surface area (TPSA) is 43.8 Å². The minimum Gasteiger partial charge on any atom is -0.324 e. The number of nitrogens with zero attached hydrogens (tertiary/aromatic N) is 2. The molecule has 1 heterocycles. The standard InChI is InChI=1S/C12H14ClN3/c1-16-8-9(7-15-16)5-12(14)10-3-2-4-11(13)6-10/h2-4,6-8,12H,5,14H2,1H3. The van der Waals surface area contributed by atoms with Crippen molar-refractivity contribution in [2.24, 2.45) is 12.8 Å². The van der Waals surface area contributed by atoms with Gasteiger partial charge >= 0.3 is 0 Å². The van der Waals surface area contributed by atoms with E-state index in [9.17, 15) is 0 Å². The normalized spacial score (nSPS) is 12.7. The van der Waals surface area contributed by atoms with E-state index in [2.05, 4.69) is 5.10 Å². The van der Waals surface area contributed by atoms with Crippen LogP contribution in [-0.2, 0) is 13.5 Å². The largest absolute Gasteiger partial charge is 0.324 e. The minimum absolute atomic E-state index is 0.0390. The summed E-state index contributed by atoms with van der Waals surface area (Å²) in [5.74, 6) is 0. The third kappa shape index (κ3) is 2.62. The first kappa shape index (κ1) is 11.2. The molecule has 84 valence electrons. The first-order chi connectivity index (χ1) is 7.65. The number of hydrogen-bond acceptors (Lipinski definition) is 2. The summed E-state index contributed by atoms with van der Waals surface area (Å²) in [6, 6.07) is 7.63. The van der Waals surface area contributed by atoms with Gasteiger partial charge in [0.05, 0.1) is 6.20 Å². The Labute approximate surface area is 99.8 Å². The van der Waals surface area contributed by atoms with Crippen LogP contribution in [0.1, 0.15) is 17.2 Å². The Bertz CT molecular complexity index is 479. The molecule has 3 nitrogen and oxygen atoms in total. The van der Waals surface area contributed by atoms with Gasteiger partial charge in [-0.1, -0.05) is 23.7 Å². The molecule has 2 rings (SSSR count). The van der Waals surface area contributed by atoms with E-state index in [0.717, 1.165) is 22.6 Å². The zero-order valence-electron chi connectivity index (χ0n) is 9.10. The maximum atomic E-state index is 6.11. The molecular formula is C12H14ClN3. The Hall–Kier alpha value is -1.32. The lowest BCUT2D eigenvalue weighted by molar-refractivity contribution is 0.719. The molecule has 1 aromatic carbocycles. The Morgan fingerprint density at radius 1 is 1.50 bits per heavy atom. The molecule has 0 aliphatic heterocycles. The fraction of sp³-hybridized carbons (Fsp3) is 0.250. The summed E-state index contributed by atoms with van der Waals surface area (Å²) in [4.78, 5) is 0. The summed E-state index contributed by atoms with van der Waals surface area (Å²) < 4.78 is 1.78. The number of halogens is 1. The molecule has 1 aromatic heterocycles. The third-order valence-corrected chi connectivity index (χ3v) is 2.73. The highest BCUT2D eigenvalue weighted by atomic mass is 35.5. The number of rotatable bonds is 3. The van der Waals surface area contributed by atoms with Crippen molar-refractivity contribution >= 4 is 11.6 Å². The number of benzene rings is 1. The molecule has 0 radical (unpaired) electrons. The van der Waals surface area contributed by atoms with E-state index >= 15 is 0 Å². The minimum atomic E-state index is -0.0390. The molecule has 2 N–H and O–H groups in total. The smallest absolute Gasteiger partial charge is 0.0522 e. The monoisotopic (exact) mass is 235 g/mol. The number of hydrogen-bond donors (Lipinski definition) is 1. The maximum absolute atomic E-state index is 6.11. The second-order valence-corrected chi connectivity index (χ2v) is 4.32. The van der Waals surface area contributed by atoms with Crippen LogP contribution in [0.4, 0.5) is 0 Å². The van der Waals surface area contributed by atoms with Gasteiger partial charge < -0.3 is 5.73 Å². The molecule has 0 aliphatic carbocycles. The molecule has 1 unspecified atom stereocenters. The fourth-order valence-corrected chi connectivity index (χ4v) is 1.89. The molecule has 2 aromatic rings. The van der Waals surface area contributed by atoms with Gasteiger partial charge in [-0.25, -0.2) is 0 Å². The first-order valence-corrected chi connectivity index (χ1v) is 5.51. The second-order valence-electron chi connectivity index (χ2n) is 3.89. The van der Waals surface area contributed by atoms with Gasteiger partial charge in [-0.3, -0.25) is 4.68 Å². The van der Waals surface area contributed by atoms with Crippen molar-refractivity contribution in [3.05, 3.63) is 52.8 Å². The van der Waals surface area contributed by atoms with Crippen molar-refractivity contribution < 1.29 is 0 Å². The summed E-state index contributed by atoms with van der Waals surface area (Å²) in [5, 5.41) is 4.84. The number of aryl methyl sites for hydroxylation is 1. The first-order valence-electron chi connectivity index (χ1n) is 5.14. The van der Waals surface area contributed by atoms with Gasteiger partial charge in [-0.15, -0.1) is 0 Å². The lowest BCUT2D eigenvalue weighted by atomic mass is 10.0. The second kappa shape index (κ2) is 4.68. The summed E-state index contributed by atoms with van der Waals surface area (Å²) in [6.45, 7) is 0. The van der Waals surface area contributed by atoms with Crippen molar-refractivity contribution in [1.82, 2.24) is 9.78 Å². The van der Waals surface area contributed by atoms with Gasteiger partial charge in [0.1, 0.15) is 0 Å². The van der Waals surface area contributed by atoms with Gasteiger partial charge in [0.2, 0.25) is 0 Å². The van der Waals surface area contributed by atoms with Crippen molar-refractivity contribution in [3.8, 4) is 0 Å². The molecule has 0 amide bonds. The highest BCUT2D eigenvalue weighted by Gasteiger charge is 2.08. The maximum Gasteiger partial charge on any atom is 0.0522 e. The van der Waals surface area contributed by atoms with Crippen LogP contribution in [0.25, 0.3) is 0 Å². The number of nitrogens with two attached hydrogens (primary N) is 1. The molecule has 16 heavy (non-hydrogen) atoms. The van der Waals surface area contributed by atoms with Crippen molar-refractivity contribution in [2.45, 2.75) is 12.5 Å². The highest BCUT2D eigenvalue weighted by molar-refractivity contribution is 6.30. The predicted octanol–water partition coefficient (Wildman–Crippen LogP) is 2.32. The van der Waals surface area contributed by atoms with Crippen molar-refractivity contribution in [2.75, 3.05) is 0 Å². The Morgan fingerprint density at radius 2 is 2.31 bits per heavy atom. The quantitative estimate of drug-likeness (QED) is 0.887. The van der Waals surface area contributed by atoms with E-state index in [4.69, 9.17) is 17.3 Å². The average Bonchev–Trinajstić information content (AvgIpc) is 2.64. The van der Waals surface area contributed by atoms with Crippen LogP contribution in [0.2, 0.25) is 5.02 Å². The van der Waals surface area contributed by atoms with Crippen LogP contribution in [0.3, 0.4) is 0 Å². The van der Waals surface area contributed by atoms with Crippen LogP contribution < -0.4 is 5.73 Å². The Balaban J connectivity index is 2.11. The predicted molar refractivity (Wildman–Crippen MR) is 65.3 cm³/mol. The van der Waals surface area contributed by atoms with Gasteiger partial charge in [-0.2, -0.15) is 5.10 Å².